The second kappa shape index (κ2) is 5.95. The standard InChI is InChI=1S/C12H14ClN3O2/c13-9-3-1-8(2-4-9)7-11-15-12(18-16-11)10(14)5-6-17/h1-4,10,17H,5-7,14H2. The van der Waals surface area contributed by atoms with E-state index in [0.29, 0.717) is 29.6 Å². The molecule has 0 aliphatic heterocycles. The van der Waals surface area contributed by atoms with Crippen LogP contribution in [-0.4, -0.2) is 21.9 Å². The molecule has 1 heterocycles. The Kier molecular flexibility index (Phi) is 4.30. The van der Waals surface area contributed by atoms with Crippen LogP contribution in [0.3, 0.4) is 0 Å². The van der Waals surface area contributed by atoms with Gasteiger partial charge in [-0.2, -0.15) is 4.98 Å². The van der Waals surface area contributed by atoms with E-state index in [4.69, 9.17) is 27.0 Å². The number of hydrogen-bond donors (Lipinski definition) is 2. The molecule has 0 spiro atoms. The lowest BCUT2D eigenvalue weighted by Gasteiger charge is -2.01. The van der Waals surface area contributed by atoms with Gasteiger partial charge in [0.15, 0.2) is 5.82 Å². The van der Waals surface area contributed by atoms with Crippen molar-refractivity contribution < 1.29 is 9.63 Å². The van der Waals surface area contributed by atoms with Gasteiger partial charge in [-0.15, -0.1) is 0 Å². The molecular formula is C12H14ClN3O2. The van der Waals surface area contributed by atoms with Crippen LogP contribution in [0.1, 0.15) is 29.7 Å². The van der Waals surface area contributed by atoms with Gasteiger partial charge in [-0.1, -0.05) is 28.9 Å². The molecule has 0 amide bonds. The Hall–Kier alpha value is -1.43. The van der Waals surface area contributed by atoms with Gasteiger partial charge < -0.3 is 15.4 Å². The Labute approximate surface area is 110 Å². The van der Waals surface area contributed by atoms with E-state index in [9.17, 15) is 0 Å². The summed E-state index contributed by atoms with van der Waals surface area (Å²) in [6.45, 7) is -0.00390. The number of rotatable bonds is 5. The smallest absolute Gasteiger partial charge is 0.243 e. The molecule has 1 aromatic heterocycles. The SMILES string of the molecule is NC(CCO)c1nc(Cc2ccc(Cl)cc2)no1. The highest BCUT2D eigenvalue weighted by atomic mass is 35.5. The van der Waals surface area contributed by atoms with Gasteiger partial charge in [0.2, 0.25) is 5.89 Å². The Balaban J connectivity index is 2.04. The van der Waals surface area contributed by atoms with Crippen LogP contribution < -0.4 is 5.73 Å². The molecule has 0 bridgehead atoms. The fraction of sp³-hybridized carbons (Fsp3) is 0.333. The van der Waals surface area contributed by atoms with E-state index in [0.717, 1.165) is 5.56 Å². The number of halogens is 1. The molecule has 96 valence electrons. The van der Waals surface area contributed by atoms with Crippen LogP contribution in [0.2, 0.25) is 5.02 Å². The van der Waals surface area contributed by atoms with Gasteiger partial charge >= 0.3 is 0 Å². The van der Waals surface area contributed by atoms with Crippen molar-refractivity contribution in [1.29, 1.82) is 0 Å². The van der Waals surface area contributed by atoms with Crippen molar-refractivity contribution in [2.45, 2.75) is 18.9 Å². The Morgan fingerprint density at radius 1 is 1.33 bits per heavy atom. The normalized spacial score (nSPS) is 12.6. The number of aliphatic hydroxyl groups is 1. The van der Waals surface area contributed by atoms with Crippen LogP contribution in [-0.2, 0) is 6.42 Å². The number of benzene rings is 1. The molecule has 0 fully saturated rings. The molecule has 0 aliphatic rings. The lowest BCUT2D eigenvalue weighted by atomic mass is 10.1. The van der Waals surface area contributed by atoms with Gasteiger partial charge in [0.25, 0.3) is 0 Å². The maximum Gasteiger partial charge on any atom is 0.243 e. The molecule has 0 saturated heterocycles. The fourth-order valence-corrected chi connectivity index (χ4v) is 1.66. The summed E-state index contributed by atoms with van der Waals surface area (Å²) in [5.74, 6) is 0.925. The predicted molar refractivity (Wildman–Crippen MR) is 67.2 cm³/mol. The molecule has 3 N–H and O–H groups in total. The lowest BCUT2D eigenvalue weighted by Crippen LogP contribution is -2.12. The van der Waals surface area contributed by atoms with Crippen LogP contribution in [0.5, 0.6) is 0 Å². The summed E-state index contributed by atoms with van der Waals surface area (Å²) < 4.78 is 5.05. The molecule has 6 heteroatoms. The first-order valence-corrected chi connectivity index (χ1v) is 6.00. The van der Waals surface area contributed by atoms with Crippen LogP contribution in [0, 0.1) is 0 Å². The largest absolute Gasteiger partial charge is 0.396 e. The maximum atomic E-state index is 8.78. The van der Waals surface area contributed by atoms with Crippen LogP contribution in [0.25, 0.3) is 0 Å². The summed E-state index contributed by atoms with van der Waals surface area (Å²) in [6, 6.07) is 7.03. The minimum atomic E-state index is -0.415. The van der Waals surface area contributed by atoms with Gasteiger partial charge in [-0.3, -0.25) is 0 Å². The van der Waals surface area contributed by atoms with E-state index < -0.39 is 6.04 Å². The van der Waals surface area contributed by atoms with E-state index in [1.807, 2.05) is 24.3 Å². The van der Waals surface area contributed by atoms with Gasteiger partial charge in [-0.25, -0.2) is 0 Å². The molecular weight excluding hydrogens is 254 g/mol. The fourth-order valence-electron chi connectivity index (χ4n) is 1.54. The van der Waals surface area contributed by atoms with Crippen LogP contribution >= 0.6 is 11.6 Å². The first-order chi connectivity index (χ1) is 8.69. The topological polar surface area (TPSA) is 85.2 Å². The zero-order valence-corrected chi connectivity index (χ0v) is 10.5. The van der Waals surface area contributed by atoms with Crippen molar-refractivity contribution >= 4 is 11.6 Å². The molecule has 1 aromatic carbocycles. The number of nitrogens with zero attached hydrogens (tertiary/aromatic N) is 2. The average molecular weight is 268 g/mol. The second-order valence-corrected chi connectivity index (χ2v) is 4.41. The van der Waals surface area contributed by atoms with Crippen molar-refractivity contribution in [3.63, 3.8) is 0 Å². The van der Waals surface area contributed by atoms with E-state index in [2.05, 4.69) is 10.1 Å². The predicted octanol–water partition coefficient (Wildman–Crippen LogP) is 1.70. The first-order valence-electron chi connectivity index (χ1n) is 5.62. The summed E-state index contributed by atoms with van der Waals surface area (Å²) >= 11 is 5.81. The first kappa shape index (κ1) is 13.0. The highest BCUT2D eigenvalue weighted by Crippen LogP contribution is 2.15. The number of nitrogens with two attached hydrogens (primary N) is 1. The van der Waals surface area contributed by atoms with E-state index in [1.54, 1.807) is 0 Å². The molecule has 0 saturated carbocycles. The summed E-state index contributed by atoms with van der Waals surface area (Å²) in [5.41, 5.74) is 6.80. The number of aliphatic hydroxyl groups excluding tert-OH is 1. The summed E-state index contributed by atoms with van der Waals surface area (Å²) in [6.07, 6.45) is 0.967. The monoisotopic (exact) mass is 267 g/mol. The van der Waals surface area contributed by atoms with E-state index >= 15 is 0 Å². The highest BCUT2D eigenvalue weighted by Gasteiger charge is 2.14. The second-order valence-electron chi connectivity index (χ2n) is 3.97. The number of hydrogen-bond acceptors (Lipinski definition) is 5. The minimum absolute atomic E-state index is 0.00390. The van der Waals surface area contributed by atoms with Gasteiger partial charge in [0.05, 0.1) is 6.04 Å². The quantitative estimate of drug-likeness (QED) is 0.861. The lowest BCUT2D eigenvalue weighted by molar-refractivity contribution is 0.259. The van der Waals surface area contributed by atoms with Gasteiger partial charge in [-0.05, 0) is 24.1 Å². The molecule has 1 unspecified atom stereocenters. The molecule has 2 rings (SSSR count). The third-order valence-electron chi connectivity index (χ3n) is 2.52. The van der Waals surface area contributed by atoms with Crippen molar-refractivity contribution in [2.75, 3.05) is 6.61 Å². The van der Waals surface area contributed by atoms with E-state index in [1.165, 1.54) is 0 Å². The molecule has 2 aromatic rings. The average Bonchev–Trinajstić information content (AvgIpc) is 2.81. The van der Waals surface area contributed by atoms with Crippen molar-refractivity contribution in [2.24, 2.45) is 5.73 Å². The van der Waals surface area contributed by atoms with Gasteiger partial charge in [0.1, 0.15) is 0 Å². The van der Waals surface area contributed by atoms with Crippen molar-refractivity contribution in [1.82, 2.24) is 10.1 Å². The Morgan fingerprint density at radius 2 is 2.06 bits per heavy atom. The Morgan fingerprint density at radius 3 is 2.72 bits per heavy atom. The number of aromatic nitrogens is 2. The molecule has 5 nitrogen and oxygen atoms in total. The third-order valence-corrected chi connectivity index (χ3v) is 2.77. The maximum absolute atomic E-state index is 8.78. The molecule has 0 radical (unpaired) electrons. The van der Waals surface area contributed by atoms with Crippen LogP contribution in [0.4, 0.5) is 0 Å². The van der Waals surface area contributed by atoms with Gasteiger partial charge in [0, 0.05) is 18.1 Å². The minimum Gasteiger partial charge on any atom is -0.396 e. The van der Waals surface area contributed by atoms with E-state index in [-0.39, 0.29) is 6.61 Å². The molecule has 18 heavy (non-hydrogen) atoms. The molecule has 1 atom stereocenters. The summed E-state index contributed by atoms with van der Waals surface area (Å²) in [7, 11) is 0. The Bertz CT molecular complexity index is 498. The summed E-state index contributed by atoms with van der Waals surface area (Å²) in [4.78, 5) is 4.20. The zero-order valence-electron chi connectivity index (χ0n) is 9.71. The van der Waals surface area contributed by atoms with Crippen molar-refractivity contribution in [3.8, 4) is 0 Å². The van der Waals surface area contributed by atoms with Crippen molar-refractivity contribution in [3.05, 3.63) is 46.6 Å². The van der Waals surface area contributed by atoms with Crippen LogP contribution in [0.15, 0.2) is 28.8 Å². The summed E-state index contributed by atoms with van der Waals surface area (Å²) in [5, 5.41) is 13.3. The zero-order chi connectivity index (χ0) is 13.0. The molecule has 0 aliphatic carbocycles. The highest BCUT2D eigenvalue weighted by molar-refractivity contribution is 6.30. The third kappa shape index (κ3) is 3.29.